The first-order valence-corrected chi connectivity index (χ1v) is 5.87. The summed E-state index contributed by atoms with van der Waals surface area (Å²) >= 11 is 0. The van der Waals surface area contributed by atoms with Crippen molar-refractivity contribution >= 4 is 23.0 Å². The summed E-state index contributed by atoms with van der Waals surface area (Å²) in [6.45, 7) is 0. The second-order valence-corrected chi connectivity index (χ2v) is 4.26. The number of ether oxygens (including phenoxy) is 2. The minimum Gasteiger partial charge on any atom is -0.467 e. The van der Waals surface area contributed by atoms with Crippen molar-refractivity contribution < 1.29 is 14.3 Å². The Morgan fingerprint density at radius 2 is 2.32 bits per heavy atom. The van der Waals surface area contributed by atoms with E-state index in [9.17, 15) is 4.79 Å². The Morgan fingerprint density at radius 3 is 3.11 bits per heavy atom. The second kappa shape index (κ2) is 4.47. The Kier molecular flexibility index (Phi) is 2.79. The van der Waals surface area contributed by atoms with E-state index in [1.807, 2.05) is 0 Å². The molecular weight excluding hydrogens is 250 g/mol. The highest BCUT2D eigenvalue weighted by Crippen LogP contribution is 2.31. The first-order valence-electron chi connectivity index (χ1n) is 5.87. The number of nitrogen functional groups attached to an aromatic ring is 1. The number of aromatic nitrogens is 4. The number of hydrogen-bond donors (Lipinski definition) is 1. The van der Waals surface area contributed by atoms with Crippen molar-refractivity contribution in [2.24, 2.45) is 0 Å². The van der Waals surface area contributed by atoms with Crippen LogP contribution in [-0.2, 0) is 14.3 Å². The highest BCUT2D eigenvalue weighted by molar-refractivity contribution is 5.81. The molecule has 8 heteroatoms. The maximum absolute atomic E-state index is 11.4. The van der Waals surface area contributed by atoms with Crippen LogP contribution in [0.1, 0.15) is 19.1 Å². The normalized spacial score (nSPS) is 22.8. The van der Waals surface area contributed by atoms with Gasteiger partial charge < -0.3 is 15.2 Å². The van der Waals surface area contributed by atoms with E-state index in [1.165, 1.54) is 13.4 Å². The van der Waals surface area contributed by atoms with E-state index in [0.717, 1.165) is 0 Å². The van der Waals surface area contributed by atoms with E-state index in [1.54, 1.807) is 10.9 Å². The van der Waals surface area contributed by atoms with Gasteiger partial charge >= 0.3 is 5.97 Å². The van der Waals surface area contributed by atoms with Gasteiger partial charge in [-0.15, -0.1) is 0 Å². The van der Waals surface area contributed by atoms with Crippen LogP contribution in [0.15, 0.2) is 12.7 Å². The van der Waals surface area contributed by atoms with Gasteiger partial charge in [-0.25, -0.2) is 19.7 Å². The number of carbonyl (C=O) groups excluding carboxylic acids is 1. The zero-order chi connectivity index (χ0) is 13.4. The maximum Gasteiger partial charge on any atom is 0.335 e. The number of imidazole rings is 1. The minimum atomic E-state index is -0.536. The van der Waals surface area contributed by atoms with Gasteiger partial charge in [-0.1, -0.05) is 0 Å². The minimum absolute atomic E-state index is 0.289. The van der Waals surface area contributed by atoms with Gasteiger partial charge in [0.15, 0.2) is 17.6 Å². The third kappa shape index (κ3) is 1.89. The predicted octanol–water partition coefficient (Wildman–Crippen LogP) is 0.259. The van der Waals surface area contributed by atoms with Gasteiger partial charge in [-0.3, -0.25) is 4.57 Å². The van der Waals surface area contributed by atoms with Crippen LogP contribution < -0.4 is 5.73 Å². The van der Waals surface area contributed by atoms with Crippen LogP contribution in [0.4, 0.5) is 5.82 Å². The summed E-state index contributed by atoms with van der Waals surface area (Å²) in [7, 11) is 1.35. The van der Waals surface area contributed by atoms with E-state index >= 15 is 0 Å². The summed E-state index contributed by atoms with van der Waals surface area (Å²) < 4.78 is 12.1. The van der Waals surface area contributed by atoms with E-state index in [4.69, 9.17) is 10.5 Å². The molecule has 2 aromatic heterocycles. The zero-order valence-corrected chi connectivity index (χ0v) is 10.3. The largest absolute Gasteiger partial charge is 0.467 e. The smallest absolute Gasteiger partial charge is 0.335 e. The topological polar surface area (TPSA) is 105 Å². The molecule has 19 heavy (non-hydrogen) atoms. The molecule has 0 spiro atoms. The molecule has 3 rings (SSSR count). The molecule has 0 radical (unpaired) electrons. The maximum atomic E-state index is 11.4. The number of anilines is 1. The van der Waals surface area contributed by atoms with Gasteiger partial charge in [0.05, 0.1) is 13.4 Å². The molecule has 1 saturated heterocycles. The molecule has 1 aliphatic heterocycles. The quantitative estimate of drug-likeness (QED) is 0.774. The average Bonchev–Trinajstić information content (AvgIpc) is 3.04. The SMILES string of the molecule is COC(=O)C1CCC(n2cnc3c(N)ncnc32)O1. The van der Waals surface area contributed by atoms with Crippen LogP contribution in [0, 0.1) is 0 Å². The monoisotopic (exact) mass is 263 g/mol. The number of hydrogen-bond acceptors (Lipinski definition) is 7. The van der Waals surface area contributed by atoms with Crippen LogP contribution in [0.2, 0.25) is 0 Å². The lowest BCUT2D eigenvalue weighted by Gasteiger charge is -2.13. The molecule has 0 amide bonds. The summed E-state index contributed by atoms with van der Waals surface area (Å²) in [6, 6.07) is 0. The third-order valence-corrected chi connectivity index (χ3v) is 3.16. The molecule has 2 N–H and O–H groups in total. The Bertz CT molecular complexity index is 626. The van der Waals surface area contributed by atoms with E-state index in [-0.39, 0.29) is 12.2 Å². The number of nitrogens with zero attached hydrogens (tertiary/aromatic N) is 4. The van der Waals surface area contributed by atoms with E-state index in [0.29, 0.717) is 29.8 Å². The van der Waals surface area contributed by atoms with Crippen molar-refractivity contribution in [3.8, 4) is 0 Å². The Morgan fingerprint density at radius 1 is 1.47 bits per heavy atom. The van der Waals surface area contributed by atoms with Crippen molar-refractivity contribution in [3.05, 3.63) is 12.7 Å². The lowest BCUT2D eigenvalue weighted by atomic mass is 10.2. The third-order valence-electron chi connectivity index (χ3n) is 3.16. The van der Waals surface area contributed by atoms with E-state index < -0.39 is 6.10 Å². The average molecular weight is 263 g/mol. The summed E-state index contributed by atoms with van der Waals surface area (Å²) in [6.07, 6.45) is 3.45. The molecule has 2 aromatic rings. The molecule has 1 fully saturated rings. The molecule has 8 nitrogen and oxygen atoms in total. The Balaban J connectivity index is 1.90. The lowest BCUT2D eigenvalue weighted by Crippen LogP contribution is -2.22. The summed E-state index contributed by atoms with van der Waals surface area (Å²) in [4.78, 5) is 23.6. The first kappa shape index (κ1) is 11.8. The summed E-state index contributed by atoms with van der Waals surface area (Å²) in [5.41, 5.74) is 6.86. The van der Waals surface area contributed by atoms with Crippen molar-refractivity contribution in [2.75, 3.05) is 12.8 Å². The van der Waals surface area contributed by atoms with Crippen molar-refractivity contribution in [3.63, 3.8) is 0 Å². The van der Waals surface area contributed by atoms with Gasteiger partial charge in [0.1, 0.15) is 18.1 Å². The van der Waals surface area contributed by atoms with Gasteiger partial charge in [0.2, 0.25) is 0 Å². The Hall–Kier alpha value is -2.22. The fourth-order valence-electron chi connectivity index (χ4n) is 2.21. The standard InChI is InChI=1S/C11H13N5O3/c1-18-11(17)6-2-3-7(19-6)16-5-15-8-9(12)13-4-14-10(8)16/h4-7H,2-3H2,1H3,(H2,12,13,14). The number of methoxy groups -OCH3 is 1. The molecule has 3 heterocycles. The summed E-state index contributed by atoms with van der Waals surface area (Å²) in [5.74, 6) is -0.0349. The van der Waals surface area contributed by atoms with Gasteiger partial charge in [-0.05, 0) is 12.8 Å². The molecule has 0 aromatic carbocycles. The number of rotatable bonds is 2. The van der Waals surface area contributed by atoms with Crippen molar-refractivity contribution in [1.29, 1.82) is 0 Å². The van der Waals surface area contributed by atoms with Gasteiger partial charge in [0, 0.05) is 0 Å². The second-order valence-electron chi connectivity index (χ2n) is 4.26. The highest BCUT2D eigenvalue weighted by atomic mass is 16.6. The number of nitrogens with two attached hydrogens (primary N) is 1. The summed E-state index contributed by atoms with van der Waals surface area (Å²) in [5, 5.41) is 0. The lowest BCUT2D eigenvalue weighted by molar-refractivity contribution is -0.155. The highest BCUT2D eigenvalue weighted by Gasteiger charge is 2.33. The van der Waals surface area contributed by atoms with Crippen LogP contribution >= 0.6 is 0 Å². The number of esters is 1. The first-order chi connectivity index (χ1) is 9.20. The van der Waals surface area contributed by atoms with Crippen LogP contribution in [0.3, 0.4) is 0 Å². The molecule has 0 bridgehead atoms. The fourth-order valence-corrected chi connectivity index (χ4v) is 2.21. The predicted molar refractivity (Wildman–Crippen MR) is 64.9 cm³/mol. The molecule has 100 valence electrons. The Labute approximate surface area is 108 Å². The molecule has 2 atom stereocenters. The molecule has 0 aliphatic carbocycles. The van der Waals surface area contributed by atoms with Gasteiger partial charge in [0.25, 0.3) is 0 Å². The molecular formula is C11H13N5O3. The van der Waals surface area contributed by atoms with Crippen LogP contribution in [-0.4, -0.2) is 38.7 Å². The van der Waals surface area contributed by atoms with Crippen LogP contribution in [0.25, 0.3) is 11.2 Å². The number of fused-ring (bicyclic) bond motifs is 1. The zero-order valence-electron chi connectivity index (χ0n) is 10.3. The number of carbonyl (C=O) groups is 1. The molecule has 2 unspecified atom stereocenters. The molecule has 1 aliphatic rings. The van der Waals surface area contributed by atoms with Crippen molar-refractivity contribution in [2.45, 2.75) is 25.2 Å². The van der Waals surface area contributed by atoms with Crippen LogP contribution in [0.5, 0.6) is 0 Å². The molecule has 0 saturated carbocycles. The van der Waals surface area contributed by atoms with Gasteiger partial charge in [-0.2, -0.15) is 0 Å². The fraction of sp³-hybridized carbons (Fsp3) is 0.455. The van der Waals surface area contributed by atoms with Crippen molar-refractivity contribution in [1.82, 2.24) is 19.5 Å². The van der Waals surface area contributed by atoms with E-state index in [2.05, 4.69) is 19.7 Å².